The van der Waals surface area contributed by atoms with Crippen LogP contribution in [0.1, 0.15) is 57.6 Å². The number of ether oxygens (including phenoxy) is 1. The van der Waals surface area contributed by atoms with Crippen LogP contribution in [0.25, 0.3) is 0 Å². The zero-order valence-electron chi connectivity index (χ0n) is 17.6. The molecule has 1 N–H and O–H groups in total. The van der Waals surface area contributed by atoms with Crippen LogP contribution in [-0.2, 0) is 14.4 Å². The van der Waals surface area contributed by atoms with Crippen molar-refractivity contribution in [2.75, 3.05) is 26.2 Å². The number of nitrogens with one attached hydrogen (secondary N) is 1. The van der Waals surface area contributed by atoms with Crippen LogP contribution in [0.5, 0.6) is 0 Å². The van der Waals surface area contributed by atoms with Crippen molar-refractivity contribution in [2.45, 2.75) is 63.7 Å². The van der Waals surface area contributed by atoms with Crippen molar-refractivity contribution in [1.29, 1.82) is 0 Å². The number of morpholine rings is 1. The zero-order valence-corrected chi connectivity index (χ0v) is 17.6. The molecule has 0 bridgehead atoms. The molecule has 1 aromatic carbocycles. The van der Waals surface area contributed by atoms with Crippen LogP contribution >= 0.6 is 0 Å². The maximum atomic E-state index is 13.0. The molecule has 2 aliphatic heterocycles. The molecule has 3 atom stereocenters. The number of carbonyl (C=O) groups excluding carboxylic acids is 1. The summed E-state index contributed by atoms with van der Waals surface area (Å²) in [6.45, 7) is 8.18. The molecular formula is C23H33N3O3. The van der Waals surface area contributed by atoms with Crippen LogP contribution in [-0.4, -0.2) is 54.4 Å². The number of carbonyl (C=O) groups is 1. The Hall–Kier alpha value is -1.92. The van der Waals surface area contributed by atoms with Gasteiger partial charge in [0.05, 0.1) is 12.6 Å². The van der Waals surface area contributed by atoms with E-state index in [0.717, 1.165) is 57.5 Å². The molecule has 1 spiro atoms. The first kappa shape index (κ1) is 20.4. The molecule has 2 heterocycles. The van der Waals surface area contributed by atoms with Gasteiger partial charge < -0.3 is 14.9 Å². The highest BCUT2D eigenvalue weighted by Crippen LogP contribution is 2.35. The summed E-state index contributed by atoms with van der Waals surface area (Å²) in [4.78, 5) is 21.0. The minimum Gasteiger partial charge on any atom is -0.387 e. The largest absolute Gasteiger partial charge is 0.387 e. The van der Waals surface area contributed by atoms with Crippen LogP contribution in [0.2, 0.25) is 0 Å². The van der Waals surface area contributed by atoms with Gasteiger partial charge in [0, 0.05) is 26.1 Å². The number of amides is 1. The third kappa shape index (κ3) is 4.64. The van der Waals surface area contributed by atoms with Crippen molar-refractivity contribution in [3.63, 3.8) is 0 Å². The first-order chi connectivity index (χ1) is 14.1. The monoisotopic (exact) mass is 399 g/mol. The van der Waals surface area contributed by atoms with Gasteiger partial charge >= 0.3 is 0 Å². The fourth-order valence-electron chi connectivity index (χ4n) is 4.93. The summed E-state index contributed by atoms with van der Waals surface area (Å²) < 4.78 is 6.36. The number of hydrogen-bond donors (Lipinski definition) is 1. The van der Waals surface area contributed by atoms with E-state index in [2.05, 4.69) is 29.2 Å². The number of rotatable bonds is 5. The summed E-state index contributed by atoms with van der Waals surface area (Å²) in [6.07, 6.45) is 4.57. The fourth-order valence-corrected chi connectivity index (χ4v) is 4.93. The SMILES string of the molecule is CC(C)CN1CCOC2(CCCCC2NC(=O)C2=NO[C@H](c3ccccc3)C2)C1. The average molecular weight is 400 g/mol. The minimum absolute atomic E-state index is 0.0252. The number of nitrogens with zero attached hydrogens (tertiary/aromatic N) is 2. The van der Waals surface area contributed by atoms with Crippen molar-refractivity contribution in [1.82, 2.24) is 10.2 Å². The Morgan fingerprint density at radius 3 is 2.93 bits per heavy atom. The van der Waals surface area contributed by atoms with E-state index in [1.807, 2.05) is 30.3 Å². The number of oxime groups is 1. The second kappa shape index (κ2) is 8.84. The average Bonchev–Trinajstić information content (AvgIpc) is 3.21. The lowest BCUT2D eigenvalue weighted by Crippen LogP contribution is -2.64. The summed E-state index contributed by atoms with van der Waals surface area (Å²) >= 11 is 0. The molecule has 158 valence electrons. The maximum absolute atomic E-state index is 13.0. The van der Waals surface area contributed by atoms with Gasteiger partial charge in [0.15, 0.2) is 6.10 Å². The van der Waals surface area contributed by atoms with Crippen LogP contribution in [0.3, 0.4) is 0 Å². The molecule has 1 aliphatic carbocycles. The van der Waals surface area contributed by atoms with Crippen molar-refractivity contribution < 1.29 is 14.4 Å². The van der Waals surface area contributed by atoms with Gasteiger partial charge in [-0.25, -0.2) is 0 Å². The van der Waals surface area contributed by atoms with Gasteiger partial charge in [-0.2, -0.15) is 0 Å². The molecule has 1 saturated heterocycles. The van der Waals surface area contributed by atoms with E-state index >= 15 is 0 Å². The van der Waals surface area contributed by atoms with Gasteiger partial charge in [-0.05, 0) is 24.3 Å². The molecule has 0 radical (unpaired) electrons. The third-order valence-corrected chi connectivity index (χ3v) is 6.30. The first-order valence-corrected chi connectivity index (χ1v) is 11.0. The molecule has 1 aromatic rings. The van der Waals surface area contributed by atoms with E-state index in [9.17, 15) is 4.79 Å². The molecule has 2 unspecified atom stereocenters. The van der Waals surface area contributed by atoms with Crippen molar-refractivity contribution in [3.8, 4) is 0 Å². The third-order valence-electron chi connectivity index (χ3n) is 6.30. The van der Waals surface area contributed by atoms with Gasteiger partial charge in [-0.15, -0.1) is 0 Å². The van der Waals surface area contributed by atoms with Crippen molar-refractivity contribution in [3.05, 3.63) is 35.9 Å². The Morgan fingerprint density at radius 2 is 2.14 bits per heavy atom. The summed E-state index contributed by atoms with van der Waals surface area (Å²) in [5.74, 6) is 0.515. The lowest BCUT2D eigenvalue weighted by atomic mass is 9.78. The number of benzene rings is 1. The lowest BCUT2D eigenvalue weighted by molar-refractivity contribution is -0.149. The van der Waals surface area contributed by atoms with Gasteiger partial charge in [-0.3, -0.25) is 9.69 Å². The predicted octanol–water partition coefficient (Wildman–Crippen LogP) is 3.29. The van der Waals surface area contributed by atoms with Gasteiger partial charge in [-0.1, -0.05) is 62.2 Å². The Balaban J connectivity index is 1.40. The van der Waals surface area contributed by atoms with E-state index in [1.54, 1.807) is 0 Å². The Morgan fingerprint density at radius 1 is 1.31 bits per heavy atom. The topological polar surface area (TPSA) is 63.2 Å². The van der Waals surface area contributed by atoms with Crippen LogP contribution < -0.4 is 5.32 Å². The standard InChI is InChI=1S/C23H33N3O3/c1-17(2)15-26-12-13-28-23(16-26)11-7-6-10-21(23)24-22(27)19-14-20(29-25-19)18-8-4-3-5-9-18/h3-5,8-9,17,20-21H,6-7,10-16H2,1-2H3,(H,24,27)/t20-,21?,23?/m0/s1. The molecule has 6 heteroatoms. The van der Waals surface area contributed by atoms with Crippen LogP contribution in [0.15, 0.2) is 35.5 Å². The molecule has 1 saturated carbocycles. The molecule has 29 heavy (non-hydrogen) atoms. The molecule has 0 aromatic heterocycles. The highest BCUT2D eigenvalue weighted by molar-refractivity contribution is 6.39. The molecular weight excluding hydrogens is 366 g/mol. The zero-order chi connectivity index (χ0) is 20.3. The summed E-state index contributed by atoms with van der Waals surface area (Å²) in [7, 11) is 0. The second-order valence-electron chi connectivity index (χ2n) is 9.06. The van der Waals surface area contributed by atoms with E-state index < -0.39 is 0 Å². The van der Waals surface area contributed by atoms with Gasteiger partial charge in [0.25, 0.3) is 5.91 Å². The summed E-state index contributed by atoms with van der Waals surface area (Å²) in [5, 5.41) is 7.37. The summed E-state index contributed by atoms with van der Waals surface area (Å²) in [6, 6.07) is 9.98. The summed E-state index contributed by atoms with van der Waals surface area (Å²) in [5.41, 5.74) is 1.25. The van der Waals surface area contributed by atoms with Gasteiger partial charge in [0.2, 0.25) is 0 Å². The first-order valence-electron chi connectivity index (χ1n) is 11.0. The number of hydrogen-bond acceptors (Lipinski definition) is 5. The van der Waals surface area contributed by atoms with Crippen molar-refractivity contribution in [2.24, 2.45) is 11.1 Å². The smallest absolute Gasteiger partial charge is 0.269 e. The predicted molar refractivity (Wildman–Crippen MR) is 113 cm³/mol. The quantitative estimate of drug-likeness (QED) is 0.825. The lowest BCUT2D eigenvalue weighted by Gasteiger charge is -2.50. The second-order valence-corrected chi connectivity index (χ2v) is 9.06. The Kier molecular flexibility index (Phi) is 6.20. The van der Waals surface area contributed by atoms with Crippen LogP contribution in [0, 0.1) is 5.92 Å². The normalized spacial score (nSPS) is 30.2. The maximum Gasteiger partial charge on any atom is 0.269 e. The van der Waals surface area contributed by atoms with E-state index in [0.29, 0.717) is 18.1 Å². The Labute approximate surface area is 173 Å². The van der Waals surface area contributed by atoms with E-state index in [-0.39, 0.29) is 23.7 Å². The van der Waals surface area contributed by atoms with Gasteiger partial charge in [0.1, 0.15) is 11.3 Å². The minimum atomic E-state index is -0.278. The fraction of sp³-hybridized carbons (Fsp3) is 0.652. The highest BCUT2D eigenvalue weighted by Gasteiger charge is 2.46. The molecule has 3 aliphatic rings. The molecule has 1 amide bonds. The molecule has 4 rings (SSSR count). The Bertz CT molecular complexity index is 732. The molecule has 6 nitrogen and oxygen atoms in total. The van der Waals surface area contributed by atoms with E-state index in [1.165, 1.54) is 0 Å². The van der Waals surface area contributed by atoms with Crippen LogP contribution in [0.4, 0.5) is 0 Å². The highest BCUT2D eigenvalue weighted by atomic mass is 16.6. The van der Waals surface area contributed by atoms with E-state index in [4.69, 9.17) is 9.57 Å². The molecule has 2 fully saturated rings. The van der Waals surface area contributed by atoms with Crippen molar-refractivity contribution >= 4 is 11.6 Å².